The summed E-state index contributed by atoms with van der Waals surface area (Å²) in [6.45, 7) is 3.70. The van der Waals surface area contributed by atoms with Crippen molar-refractivity contribution < 1.29 is 33.3 Å². The summed E-state index contributed by atoms with van der Waals surface area (Å²) in [6.07, 6.45) is 1.72. The van der Waals surface area contributed by atoms with Gasteiger partial charge >= 0.3 is 5.97 Å². The number of carbonyl (C=O) groups excluding carboxylic acids is 2. The van der Waals surface area contributed by atoms with Crippen LogP contribution in [-0.2, 0) is 0 Å². The number of methoxy groups -OCH3 is 3. The lowest BCUT2D eigenvalue weighted by atomic mass is 10.0. The minimum Gasteiger partial charge on any atom is -0.493 e. The van der Waals surface area contributed by atoms with Crippen molar-refractivity contribution in [3.05, 3.63) is 82.1 Å². The van der Waals surface area contributed by atoms with Crippen molar-refractivity contribution in [2.45, 2.75) is 13.8 Å². The van der Waals surface area contributed by atoms with E-state index in [1.165, 1.54) is 33.5 Å². The van der Waals surface area contributed by atoms with Crippen LogP contribution in [-0.4, -0.2) is 33.1 Å². The van der Waals surface area contributed by atoms with Crippen LogP contribution in [0, 0.1) is 13.8 Å². The van der Waals surface area contributed by atoms with Crippen LogP contribution in [0.1, 0.15) is 37.4 Å². The van der Waals surface area contributed by atoms with Crippen LogP contribution in [0.2, 0.25) is 0 Å². The Morgan fingerprint density at radius 2 is 1.56 bits per heavy atom. The van der Waals surface area contributed by atoms with E-state index in [1.54, 1.807) is 25.1 Å². The van der Waals surface area contributed by atoms with E-state index in [1.807, 2.05) is 31.2 Å². The van der Waals surface area contributed by atoms with E-state index in [0.717, 1.165) is 11.1 Å². The number of rotatable bonds is 6. The van der Waals surface area contributed by atoms with Crippen LogP contribution in [0.25, 0.3) is 6.08 Å². The molecular formula is C27H24O7. The zero-order valence-corrected chi connectivity index (χ0v) is 19.6. The van der Waals surface area contributed by atoms with Gasteiger partial charge in [-0.05, 0) is 55.3 Å². The van der Waals surface area contributed by atoms with Gasteiger partial charge in [-0.1, -0.05) is 24.3 Å². The van der Waals surface area contributed by atoms with Crippen molar-refractivity contribution in [2.75, 3.05) is 21.3 Å². The van der Waals surface area contributed by atoms with Gasteiger partial charge in [-0.15, -0.1) is 0 Å². The molecule has 0 spiro atoms. The highest BCUT2D eigenvalue weighted by Crippen LogP contribution is 2.41. The number of Topliss-reactive ketones (excluding diaryl/α,β-unsaturated/α-hetero) is 1. The molecule has 0 unspecified atom stereocenters. The van der Waals surface area contributed by atoms with Gasteiger partial charge in [-0.2, -0.15) is 0 Å². The van der Waals surface area contributed by atoms with E-state index < -0.39 is 5.97 Å². The third kappa shape index (κ3) is 4.08. The number of aryl methyl sites for hydroxylation is 1. The van der Waals surface area contributed by atoms with Crippen LogP contribution in [0.15, 0.2) is 54.3 Å². The summed E-state index contributed by atoms with van der Waals surface area (Å²) in [6, 6.07) is 13.9. The zero-order valence-electron chi connectivity index (χ0n) is 19.6. The molecule has 1 aliphatic rings. The molecule has 1 aliphatic heterocycles. The van der Waals surface area contributed by atoms with E-state index in [4.69, 9.17) is 23.7 Å². The number of ketones is 1. The molecule has 34 heavy (non-hydrogen) atoms. The number of hydrogen-bond acceptors (Lipinski definition) is 7. The Hall–Kier alpha value is -4.26. The van der Waals surface area contributed by atoms with Crippen LogP contribution >= 0.6 is 0 Å². The molecule has 174 valence electrons. The van der Waals surface area contributed by atoms with Crippen LogP contribution in [0.4, 0.5) is 0 Å². The number of benzene rings is 3. The van der Waals surface area contributed by atoms with Crippen molar-refractivity contribution in [1.82, 2.24) is 0 Å². The molecule has 0 N–H and O–H groups in total. The fraction of sp³-hybridized carbons (Fsp3) is 0.185. The van der Waals surface area contributed by atoms with Crippen LogP contribution < -0.4 is 23.7 Å². The quantitative estimate of drug-likeness (QED) is 0.285. The molecule has 0 fully saturated rings. The van der Waals surface area contributed by atoms with Gasteiger partial charge in [-0.3, -0.25) is 4.79 Å². The van der Waals surface area contributed by atoms with Crippen molar-refractivity contribution in [3.63, 3.8) is 0 Å². The van der Waals surface area contributed by atoms with Gasteiger partial charge in [0.25, 0.3) is 0 Å². The fourth-order valence-corrected chi connectivity index (χ4v) is 3.73. The zero-order chi connectivity index (χ0) is 24.4. The first-order chi connectivity index (χ1) is 16.4. The lowest BCUT2D eigenvalue weighted by Gasteiger charge is -2.14. The molecular weight excluding hydrogens is 436 g/mol. The summed E-state index contributed by atoms with van der Waals surface area (Å²) in [5, 5.41) is 0. The highest BCUT2D eigenvalue weighted by Gasteiger charge is 2.31. The standard InChI is InChI=1S/C27H24O7/c1-15-8-6-7-9-17(15)12-21-24(28)19-10-11-20(16(2)25(19)33-21)34-27(29)18-13-22(30-3)26(32-5)23(14-18)31-4/h6-14H,1-5H3/b21-12-. The largest absolute Gasteiger partial charge is 0.493 e. The Morgan fingerprint density at radius 1 is 0.882 bits per heavy atom. The Labute approximate surface area is 197 Å². The molecule has 7 nitrogen and oxygen atoms in total. The maximum atomic E-state index is 12.9. The van der Waals surface area contributed by atoms with E-state index in [9.17, 15) is 9.59 Å². The lowest BCUT2D eigenvalue weighted by Crippen LogP contribution is -2.10. The molecule has 0 aliphatic carbocycles. The van der Waals surface area contributed by atoms with E-state index in [2.05, 4.69) is 0 Å². The Balaban J connectivity index is 1.63. The monoisotopic (exact) mass is 460 g/mol. The van der Waals surface area contributed by atoms with Crippen molar-refractivity contribution >= 4 is 17.8 Å². The first kappa shape index (κ1) is 22.9. The van der Waals surface area contributed by atoms with E-state index in [-0.39, 0.29) is 22.9 Å². The summed E-state index contributed by atoms with van der Waals surface area (Å²) in [5.74, 6) is 1.07. The number of allylic oxidation sites excluding steroid dienone is 1. The number of hydrogen-bond donors (Lipinski definition) is 0. The maximum absolute atomic E-state index is 12.9. The Kier molecular flexibility index (Phi) is 6.27. The second-order valence-corrected chi connectivity index (χ2v) is 7.67. The fourth-order valence-electron chi connectivity index (χ4n) is 3.73. The molecule has 0 aromatic heterocycles. The molecule has 7 heteroatoms. The number of carbonyl (C=O) groups is 2. The summed E-state index contributed by atoms with van der Waals surface area (Å²) < 4.78 is 27.5. The average molecular weight is 460 g/mol. The smallest absolute Gasteiger partial charge is 0.343 e. The first-order valence-corrected chi connectivity index (χ1v) is 10.5. The van der Waals surface area contributed by atoms with Crippen molar-refractivity contribution in [2.24, 2.45) is 0 Å². The summed E-state index contributed by atoms with van der Waals surface area (Å²) in [7, 11) is 4.41. The topological polar surface area (TPSA) is 80.3 Å². The summed E-state index contributed by atoms with van der Waals surface area (Å²) in [5.41, 5.74) is 3.10. The van der Waals surface area contributed by atoms with E-state index >= 15 is 0 Å². The normalized spacial score (nSPS) is 13.3. The predicted octanol–water partition coefficient (Wildman–Crippen LogP) is 5.16. The number of esters is 1. The molecule has 3 aromatic rings. The van der Waals surface area contributed by atoms with Gasteiger partial charge in [0, 0.05) is 5.56 Å². The second kappa shape index (κ2) is 9.31. The highest BCUT2D eigenvalue weighted by atomic mass is 16.5. The Bertz CT molecular complexity index is 1300. The molecule has 0 radical (unpaired) electrons. The third-order valence-electron chi connectivity index (χ3n) is 5.61. The molecule has 0 saturated carbocycles. The average Bonchev–Trinajstić information content (AvgIpc) is 3.17. The first-order valence-electron chi connectivity index (χ1n) is 10.5. The molecule has 0 atom stereocenters. The molecule has 0 bridgehead atoms. The van der Waals surface area contributed by atoms with Gasteiger partial charge in [0.05, 0.1) is 32.5 Å². The SMILES string of the molecule is COc1cc(C(=O)Oc2ccc3c(c2C)O/C(=C\c2ccccc2C)C3=O)cc(OC)c1OC. The minimum atomic E-state index is -0.623. The number of fused-ring (bicyclic) bond motifs is 1. The molecule has 0 saturated heterocycles. The highest BCUT2D eigenvalue weighted by molar-refractivity contribution is 6.15. The van der Waals surface area contributed by atoms with Gasteiger partial charge in [0.15, 0.2) is 17.3 Å². The third-order valence-corrected chi connectivity index (χ3v) is 5.61. The van der Waals surface area contributed by atoms with E-state index in [0.29, 0.717) is 34.1 Å². The lowest BCUT2D eigenvalue weighted by molar-refractivity contribution is 0.0732. The minimum absolute atomic E-state index is 0.214. The van der Waals surface area contributed by atoms with Crippen LogP contribution in [0.3, 0.4) is 0 Å². The predicted molar refractivity (Wildman–Crippen MR) is 126 cm³/mol. The molecule has 0 amide bonds. The van der Waals surface area contributed by atoms with Gasteiger partial charge < -0.3 is 23.7 Å². The summed E-state index contributed by atoms with van der Waals surface area (Å²) >= 11 is 0. The van der Waals surface area contributed by atoms with Crippen molar-refractivity contribution in [3.8, 4) is 28.7 Å². The van der Waals surface area contributed by atoms with Crippen molar-refractivity contribution in [1.29, 1.82) is 0 Å². The summed E-state index contributed by atoms with van der Waals surface area (Å²) in [4.78, 5) is 25.8. The molecule has 3 aromatic carbocycles. The van der Waals surface area contributed by atoms with Gasteiger partial charge in [0.2, 0.25) is 11.5 Å². The second-order valence-electron chi connectivity index (χ2n) is 7.67. The number of ether oxygens (including phenoxy) is 5. The Morgan fingerprint density at radius 3 is 2.18 bits per heavy atom. The molecule has 1 heterocycles. The maximum Gasteiger partial charge on any atom is 0.343 e. The van der Waals surface area contributed by atoms with Gasteiger partial charge in [-0.25, -0.2) is 4.79 Å². The van der Waals surface area contributed by atoms with Gasteiger partial charge in [0.1, 0.15) is 11.5 Å². The molecule has 4 rings (SSSR count). The van der Waals surface area contributed by atoms with Crippen LogP contribution in [0.5, 0.6) is 28.7 Å².